The van der Waals surface area contributed by atoms with Crippen LogP contribution in [0.25, 0.3) is 11.1 Å². The molecule has 0 aromatic heterocycles. The largest absolute Gasteiger partial charge is 0.487 e. The Morgan fingerprint density at radius 3 is 1.82 bits per heavy atom. The Bertz CT molecular complexity index is 3390. The fourth-order valence-electron chi connectivity index (χ4n) is 11.1. The zero-order valence-electron chi connectivity index (χ0n) is 58.9. The normalized spacial score (nSPS) is 18.0. The van der Waals surface area contributed by atoms with Crippen LogP contribution in [0.2, 0.25) is 25.7 Å². The Labute approximate surface area is 575 Å². The van der Waals surface area contributed by atoms with E-state index in [1.165, 1.54) is 46.0 Å². The number of benzene rings is 4. The fraction of sp³-hybridized carbons (Fsp3) is 0.521. The third kappa shape index (κ3) is 21.8. The Balaban J connectivity index is 1.24. The minimum absolute atomic E-state index is 0.171. The Hall–Kier alpha value is -8.49. The van der Waals surface area contributed by atoms with Gasteiger partial charge in [-0.05, 0) is 111 Å². The number of hydrogen-bond acceptors (Lipinski definition) is 18. The molecular formula is C73H100N6O18Si. The maximum atomic E-state index is 15.4. The lowest BCUT2D eigenvalue weighted by Crippen LogP contribution is -2.61. The summed E-state index contributed by atoms with van der Waals surface area (Å²) in [6, 6.07) is 21.0. The number of aliphatic hydroxyl groups excluding tert-OH is 3. The van der Waals surface area contributed by atoms with Crippen LogP contribution in [0, 0.1) is 17.8 Å². The summed E-state index contributed by atoms with van der Waals surface area (Å²) in [5, 5.41) is 45.6. The molecular weight excluding hydrogens is 1280 g/mol. The standard InChI is InChI=1S/C73H100N6O18Si/c1-16-43(4)59(78-71(91)97-72(9,10)11)66(86)77-62(49-30-32-50(33-31-49)96-47(8)73(41-94-73)35-34-58(82)92-36-37-98(13,14)15)68(88)79(12)57(38-48-24-18-17-19-25-48)65(85)75-60(45(6)81)67(87)74-56(39-80)69(89)95-46(7)61(76-64(84)44(5)63(83)42(2)3)70(90)93-40-55-53-28-22-20-26-51(53)52-27-21-23-29-54(52)55/h17-35,42-47,55-57,59-63,80-81,83H,16,36-41H2,1-15H3,(H,74,87)(H,75,85)(H,76,84)(H,77,86)(H,78,91)/b35-34+/t43-,44+,45+,46+,47+,56-,57-,59+,60+,61-,62-,63+,73-/m0/s1. The summed E-state index contributed by atoms with van der Waals surface area (Å²) in [5.41, 5.74) is 2.61. The fourth-order valence-corrected chi connectivity index (χ4v) is 11.8. The molecule has 4 aromatic rings. The van der Waals surface area contributed by atoms with E-state index in [0.717, 1.165) is 33.2 Å². The third-order valence-corrected chi connectivity index (χ3v) is 19.2. The monoisotopic (exact) mass is 1380 g/mol. The quantitative estimate of drug-likeness (QED) is 0.00803. The van der Waals surface area contributed by atoms with Gasteiger partial charge in [-0.3, -0.25) is 24.0 Å². The van der Waals surface area contributed by atoms with E-state index in [1.54, 1.807) is 97.0 Å². The zero-order valence-corrected chi connectivity index (χ0v) is 59.9. The average molecular weight is 1380 g/mol. The summed E-state index contributed by atoms with van der Waals surface area (Å²) in [6.45, 7) is 23.5. The number of esters is 3. The first kappa shape index (κ1) is 78.5. The van der Waals surface area contributed by atoms with E-state index in [1.807, 2.05) is 55.5 Å². The number of amides is 6. The number of epoxide rings is 1. The molecule has 1 aliphatic carbocycles. The van der Waals surface area contributed by atoms with Crippen molar-refractivity contribution in [2.45, 2.75) is 192 Å². The molecule has 98 heavy (non-hydrogen) atoms. The molecule has 2 aliphatic rings. The summed E-state index contributed by atoms with van der Waals surface area (Å²) in [7, 11) is -0.131. The van der Waals surface area contributed by atoms with Crippen LogP contribution in [0.15, 0.2) is 115 Å². The van der Waals surface area contributed by atoms with Crippen LogP contribution in [-0.2, 0) is 68.5 Å². The van der Waals surface area contributed by atoms with Crippen molar-refractivity contribution in [2.24, 2.45) is 17.8 Å². The van der Waals surface area contributed by atoms with Crippen LogP contribution in [0.4, 0.5) is 4.79 Å². The summed E-state index contributed by atoms with van der Waals surface area (Å²) in [6.07, 6.45) is -2.75. The van der Waals surface area contributed by atoms with E-state index in [0.29, 0.717) is 24.3 Å². The van der Waals surface area contributed by atoms with E-state index < -0.39 is 158 Å². The first-order chi connectivity index (χ1) is 46.1. The molecule has 1 saturated heterocycles. The predicted octanol–water partition coefficient (Wildman–Crippen LogP) is 6.59. The molecule has 24 nitrogen and oxygen atoms in total. The Kier molecular flexibility index (Phi) is 27.9. The lowest BCUT2D eigenvalue weighted by atomic mass is 9.94. The van der Waals surface area contributed by atoms with Gasteiger partial charge in [-0.25, -0.2) is 19.2 Å². The molecule has 6 rings (SSSR count). The number of ether oxygens (including phenoxy) is 6. The summed E-state index contributed by atoms with van der Waals surface area (Å²) in [4.78, 5) is 128. The number of aliphatic hydroxyl groups is 3. The predicted molar refractivity (Wildman–Crippen MR) is 368 cm³/mol. The molecule has 0 unspecified atom stereocenters. The van der Waals surface area contributed by atoms with Crippen molar-refractivity contribution in [3.05, 3.63) is 138 Å². The van der Waals surface area contributed by atoms with Gasteiger partial charge in [0.1, 0.15) is 59.9 Å². The lowest BCUT2D eigenvalue weighted by Gasteiger charge is -2.34. The first-order valence-electron chi connectivity index (χ1n) is 33.4. The van der Waals surface area contributed by atoms with Crippen LogP contribution in [0.3, 0.4) is 0 Å². The number of carbonyl (C=O) groups excluding carboxylic acids is 9. The average Bonchev–Trinajstić information content (AvgIpc) is 1.57. The number of hydrogen-bond donors (Lipinski definition) is 8. The van der Waals surface area contributed by atoms with Gasteiger partial charge in [-0.15, -0.1) is 0 Å². The van der Waals surface area contributed by atoms with Gasteiger partial charge >= 0.3 is 24.0 Å². The minimum atomic E-state index is -1.90. The van der Waals surface area contributed by atoms with Crippen molar-refractivity contribution >= 4 is 61.6 Å². The second kappa shape index (κ2) is 34.8. The van der Waals surface area contributed by atoms with Crippen molar-refractivity contribution in [3.8, 4) is 16.9 Å². The zero-order chi connectivity index (χ0) is 72.6. The van der Waals surface area contributed by atoms with Crippen LogP contribution >= 0.6 is 0 Å². The summed E-state index contributed by atoms with van der Waals surface area (Å²) >= 11 is 0. The second-order valence-electron chi connectivity index (χ2n) is 28.0. The molecule has 0 spiro atoms. The molecule has 534 valence electrons. The minimum Gasteiger partial charge on any atom is -0.487 e. The second-order valence-corrected chi connectivity index (χ2v) is 33.6. The van der Waals surface area contributed by atoms with Gasteiger partial charge in [-0.1, -0.05) is 152 Å². The van der Waals surface area contributed by atoms with E-state index in [9.17, 15) is 53.7 Å². The molecule has 6 amide bonds. The summed E-state index contributed by atoms with van der Waals surface area (Å²) < 4.78 is 34.6. The van der Waals surface area contributed by atoms with E-state index >= 15 is 4.79 Å². The number of fused-ring (bicyclic) bond motifs is 3. The van der Waals surface area contributed by atoms with Crippen molar-refractivity contribution in [3.63, 3.8) is 0 Å². The number of likely N-dealkylation sites (N-methyl/N-ethyl adjacent to an activating group) is 1. The van der Waals surface area contributed by atoms with Gasteiger partial charge in [0.2, 0.25) is 29.5 Å². The SMILES string of the molecule is CC[C@H](C)[C@@H](NC(=O)OC(C)(C)C)C(=O)N[C@H](C(=O)N(C)[C@@H](Cc1ccccc1)C(=O)N[C@@H](C(=O)N[C@@H](CO)C(=O)O[C@H](C)[C@H](NC(=O)[C@H](C)[C@H](O)C(C)C)C(=O)OCC1c2ccccc2-c2ccccc21)[C@@H](C)O)c1ccc(O[C@H](C)[C@]2(/C=C/C(=O)OCC[Si](C)(C)C)CO2)cc1. The van der Waals surface area contributed by atoms with Crippen LogP contribution in [0.5, 0.6) is 5.75 Å². The van der Waals surface area contributed by atoms with Crippen molar-refractivity contribution in [1.82, 2.24) is 31.5 Å². The van der Waals surface area contributed by atoms with E-state index in [-0.39, 0.29) is 31.1 Å². The molecule has 0 saturated carbocycles. The molecule has 1 fully saturated rings. The maximum Gasteiger partial charge on any atom is 0.408 e. The van der Waals surface area contributed by atoms with Gasteiger partial charge in [-0.2, -0.15) is 0 Å². The van der Waals surface area contributed by atoms with Gasteiger partial charge in [0.15, 0.2) is 12.1 Å². The van der Waals surface area contributed by atoms with E-state index in [4.69, 9.17) is 28.4 Å². The van der Waals surface area contributed by atoms with Crippen molar-refractivity contribution in [1.29, 1.82) is 0 Å². The number of nitrogens with one attached hydrogen (secondary N) is 5. The third-order valence-electron chi connectivity index (χ3n) is 17.5. The molecule has 25 heteroatoms. The molecule has 0 radical (unpaired) electrons. The van der Waals surface area contributed by atoms with Crippen LogP contribution in [-0.4, -0.2) is 181 Å². The smallest absolute Gasteiger partial charge is 0.408 e. The van der Waals surface area contributed by atoms with Gasteiger partial charge in [0.25, 0.3) is 0 Å². The lowest BCUT2D eigenvalue weighted by molar-refractivity contribution is -0.162. The Morgan fingerprint density at radius 1 is 0.704 bits per heavy atom. The van der Waals surface area contributed by atoms with Gasteiger partial charge in [0.05, 0.1) is 37.9 Å². The molecule has 0 bridgehead atoms. The van der Waals surface area contributed by atoms with Crippen molar-refractivity contribution < 1.29 is 86.9 Å². The van der Waals surface area contributed by atoms with Gasteiger partial charge in [0, 0.05) is 33.5 Å². The van der Waals surface area contributed by atoms with Gasteiger partial charge < -0.3 is 75.2 Å². The molecule has 4 aromatic carbocycles. The first-order valence-corrected chi connectivity index (χ1v) is 37.1. The van der Waals surface area contributed by atoms with Crippen molar-refractivity contribution in [2.75, 3.05) is 33.5 Å². The number of carbonyl (C=O) groups is 9. The highest BCUT2D eigenvalue weighted by Crippen LogP contribution is 2.45. The van der Waals surface area contributed by atoms with Crippen LogP contribution in [0.1, 0.15) is 117 Å². The summed E-state index contributed by atoms with van der Waals surface area (Å²) in [5.74, 6) is -9.34. The topological polar surface area (TPSA) is 336 Å². The highest BCUT2D eigenvalue weighted by atomic mass is 28.3. The molecule has 1 heterocycles. The Morgan fingerprint density at radius 2 is 1.28 bits per heavy atom. The highest BCUT2D eigenvalue weighted by molar-refractivity contribution is 6.76. The molecule has 1 aliphatic heterocycles. The maximum absolute atomic E-state index is 15.4. The van der Waals surface area contributed by atoms with E-state index in [2.05, 4.69) is 46.2 Å². The number of rotatable bonds is 34. The molecule has 13 atom stereocenters. The number of nitrogens with zero attached hydrogens (tertiary/aromatic N) is 1. The molecule has 8 N–H and O–H groups in total. The number of alkyl carbamates (subject to hydrolysis) is 1. The van der Waals surface area contributed by atoms with Crippen LogP contribution < -0.4 is 31.3 Å². The highest BCUT2D eigenvalue weighted by Gasteiger charge is 2.50.